The zero-order chi connectivity index (χ0) is 15.4. The van der Waals surface area contributed by atoms with Crippen molar-refractivity contribution in [1.82, 2.24) is 4.57 Å². The van der Waals surface area contributed by atoms with Gasteiger partial charge in [-0.25, -0.2) is 0 Å². The number of pyridine rings is 1. The smallest absolute Gasteiger partial charge is 0.254 e. The quantitative estimate of drug-likeness (QED) is 0.938. The zero-order valence-corrected chi connectivity index (χ0v) is 12.6. The van der Waals surface area contributed by atoms with Crippen LogP contribution in [0.4, 0.5) is 5.69 Å². The van der Waals surface area contributed by atoms with Gasteiger partial charge in [0.15, 0.2) is 0 Å². The highest BCUT2D eigenvalue weighted by atomic mass is 16.2. The highest BCUT2D eigenvalue weighted by Gasteiger charge is 2.16. The minimum atomic E-state index is -0.553. The van der Waals surface area contributed by atoms with Crippen LogP contribution in [0.25, 0.3) is 0 Å². The number of carbonyl (C=O) groups is 1. The first kappa shape index (κ1) is 15.0. The van der Waals surface area contributed by atoms with Crippen molar-refractivity contribution in [2.45, 2.75) is 33.2 Å². The number of anilines is 1. The van der Waals surface area contributed by atoms with Gasteiger partial charge in [0.1, 0.15) is 6.04 Å². The lowest BCUT2D eigenvalue weighted by molar-refractivity contribution is -0.118. The standard InChI is InChI=1S/C17H20N2O2/c1-4-14-7-9-15(10-8-14)18-16(20)13(3)19-11-5-6-12(2)17(19)21/h5-11,13H,4H2,1-3H3,(H,18,20). The molecule has 0 aliphatic carbocycles. The van der Waals surface area contributed by atoms with Gasteiger partial charge >= 0.3 is 0 Å². The molecule has 1 aromatic heterocycles. The molecule has 4 heteroatoms. The zero-order valence-electron chi connectivity index (χ0n) is 12.6. The van der Waals surface area contributed by atoms with Crippen LogP contribution in [0.15, 0.2) is 47.4 Å². The fourth-order valence-electron chi connectivity index (χ4n) is 2.12. The van der Waals surface area contributed by atoms with E-state index in [-0.39, 0.29) is 11.5 Å². The number of rotatable bonds is 4. The second-order valence-corrected chi connectivity index (χ2v) is 5.12. The molecule has 0 radical (unpaired) electrons. The van der Waals surface area contributed by atoms with Gasteiger partial charge in [0.05, 0.1) is 0 Å². The van der Waals surface area contributed by atoms with Crippen LogP contribution < -0.4 is 10.9 Å². The van der Waals surface area contributed by atoms with Crippen LogP contribution in [0.3, 0.4) is 0 Å². The molecule has 1 unspecified atom stereocenters. The molecule has 0 spiro atoms. The first-order chi connectivity index (χ1) is 10.0. The molecule has 0 bridgehead atoms. The first-order valence-electron chi connectivity index (χ1n) is 7.10. The Bertz CT molecular complexity index is 687. The number of hydrogen-bond acceptors (Lipinski definition) is 2. The molecule has 1 aromatic carbocycles. The molecule has 1 N–H and O–H groups in total. The van der Waals surface area contributed by atoms with Crippen LogP contribution in [0.5, 0.6) is 0 Å². The molecule has 4 nitrogen and oxygen atoms in total. The molecule has 1 atom stereocenters. The Hall–Kier alpha value is -2.36. The second-order valence-electron chi connectivity index (χ2n) is 5.12. The summed E-state index contributed by atoms with van der Waals surface area (Å²) in [7, 11) is 0. The third-order valence-electron chi connectivity index (χ3n) is 3.59. The summed E-state index contributed by atoms with van der Waals surface area (Å²) in [6.07, 6.45) is 2.60. The number of amides is 1. The summed E-state index contributed by atoms with van der Waals surface area (Å²) in [6, 6.07) is 10.7. The topological polar surface area (TPSA) is 51.1 Å². The molecule has 2 rings (SSSR count). The molecule has 0 saturated heterocycles. The van der Waals surface area contributed by atoms with Crippen molar-refractivity contribution in [2.24, 2.45) is 0 Å². The van der Waals surface area contributed by atoms with Crippen molar-refractivity contribution in [3.05, 3.63) is 64.1 Å². The number of benzene rings is 1. The van der Waals surface area contributed by atoms with Crippen LogP contribution in [0.1, 0.15) is 31.0 Å². The monoisotopic (exact) mass is 284 g/mol. The minimum Gasteiger partial charge on any atom is -0.324 e. The van der Waals surface area contributed by atoms with E-state index in [4.69, 9.17) is 0 Å². The molecule has 0 saturated carbocycles. The summed E-state index contributed by atoms with van der Waals surface area (Å²) in [6.45, 7) is 5.54. The molecule has 21 heavy (non-hydrogen) atoms. The van der Waals surface area contributed by atoms with E-state index in [1.165, 1.54) is 10.1 Å². The van der Waals surface area contributed by atoms with E-state index < -0.39 is 6.04 Å². The molecule has 1 amide bonds. The van der Waals surface area contributed by atoms with Crippen LogP contribution in [-0.4, -0.2) is 10.5 Å². The van der Waals surface area contributed by atoms with E-state index in [2.05, 4.69) is 12.2 Å². The Balaban J connectivity index is 2.15. The van der Waals surface area contributed by atoms with Crippen molar-refractivity contribution in [2.75, 3.05) is 5.32 Å². The number of nitrogens with zero attached hydrogens (tertiary/aromatic N) is 1. The number of hydrogen-bond donors (Lipinski definition) is 1. The lowest BCUT2D eigenvalue weighted by Crippen LogP contribution is -2.32. The van der Waals surface area contributed by atoms with E-state index >= 15 is 0 Å². The summed E-state index contributed by atoms with van der Waals surface area (Å²) in [5.41, 5.74) is 2.45. The Kier molecular flexibility index (Phi) is 4.58. The maximum Gasteiger partial charge on any atom is 0.254 e. The summed E-state index contributed by atoms with van der Waals surface area (Å²) in [5, 5.41) is 2.84. The van der Waals surface area contributed by atoms with E-state index in [1.807, 2.05) is 24.3 Å². The second kappa shape index (κ2) is 6.39. The van der Waals surface area contributed by atoms with E-state index in [0.717, 1.165) is 12.1 Å². The largest absolute Gasteiger partial charge is 0.324 e. The fourth-order valence-corrected chi connectivity index (χ4v) is 2.12. The third-order valence-corrected chi connectivity index (χ3v) is 3.59. The van der Waals surface area contributed by atoms with Crippen molar-refractivity contribution in [3.8, 4) is 0 Å². The van der Waals surface area contributed by atoms with Crippen LogP contribution in [0.2, 0.25) is 0 Å². The third kappa shape index (κ3) is 3.40. The van der Waals surface area contributed by atoms with Gasteiger partial charge in [-0.15, -0.1) is 0 Å². The number of carbonyl (C=O) groups excluding carboxylic acids is 1. The maximum absolute atomic E-state index is 12.3. The minimum absolute atomic E-state index is 0.138. The SMILES string of the molecule is CCc1ccc(NC(=O)C(C)n2cccc(C)c2=O)cc1. The van der Waals surface area contributed by atoms with Gasteiger partial charge in [-0.1, -0.05) is 25.1 Å². The lowest BCUT2D eigenvalue weighted by Gasteiger charge is -2.15. The molecule has 0 aliphatic rings. The molecular weight excluding hydrogens is 264 g/mol. The van der Waals surface area contributed by atoms with Crippen LogP contribution in [0, 0.1) is 6.92 Å². The van der Waals surface area contributed by atoms with Crippen molar-refractivity contribution >= 4 is 11.6 Å². The van der Waals surface area contributed by atoms with Gasteiger partial charge in [0.25, 0.3) is 5.56 Å². The highest BCUT2D eigenvalue weighted by Crippen LogP contribution is 2.13. The molecule has 1 heterocycles. The van der Waals surface area contributed by atoms with Crippen molar-refractivity contribution in [3.63, 3.8) is 0 Å². The normalized spacial score (nSPS) is 12.0. The van der Waals surface area contributed by atoms with E-state index in [0.29, 0.717) is 5.56 Å². The van der Waals surface area contributed by atoms with Gasteiger partial charge in [-0.2, -0.15) is 0 Å². The number of nitrogens with one attached hydrogen (secondary N) is 1. The molecular formula is C17H20N2O2. The maximum atomic E-state index is 12.3. The predicted molar refractivity (Wildman–Crippen MR) is 84.6 cm³/mol. The van der Waals surface area contributed by atoms with Gasteiger partial charge in [0.2, 0.25) is 5.91 Å². The first-order valence-corrected chi connectivity index (χ1v) is 7.10. The van der Waals surface area contributed by atoms with Gasteiger partial charge in [-0.05, 0) is 44.0 Å². The van der Waals surface area contributed by atoms with Gasteiger partial charge in [-0.3, -0.25) is 9.59 Å². The predicted octanol–water partition coefficient (Wildman–Crippen LogP) is 2.92. The Morgan fingerprint density at radius 3 is 2.52 bits per heavy atom. The van der Waals surface area contributed by atoms with E-state index in [9.17, 15) is 9.59 Å². The summed E-state index contributed by atoms with van der Waals surface area (Å²) in [4.78, 5) is 24.3. The van der Waals surface area contributed by atoms with Crippen molar-refractivity contribution < 1.29 is 4.79 Å². The molecule has 0 fully saturated rings. The number of aryl methyl sites for hydroxylation is 2. The highest BCUT2D eigenvalue weighted by molar-refractivity contribution is 5.93. The average Bonchev–Trinajstić information content (AvgIpc) is 2.50. The summed E-state index contributed by atoms with van der Waals surface area (Å²) < 4.78 is 1.45. The molecule has 0 aliphatic heterocycles. The summed E-state index contributed by atoms with van der Waals surface area (Å²) in [5.74, 6) is -0.202. The summed E-state index contributed by atoms with van der Waals surface area (Å²) >= 11 is 0. The fraction of sp³-hybridized carbons (Fsp3) is 0.294. The molecule has 2 aromatic rings. The van der Waals surface area contributed by atoms with E-state index in [1.54, 1.807) is 32.2 Å². The average molecular weight is 284 g/mol. The van der Waals surface area contributed by atoms with Crippen molar-refractivity contribution in [1.29, 1.82) is 0 Å². The number of aromatic nitrogens is 1. The molecule has 110 valence electrons. The van der Waals surface area contributed by atoms with Crippen LogP contribution in [-0.2, 0) is 11.2 Å². The lowest BCUT2D eigenvalue weighted by atomic mass is 10.1. The van der Waals surface area contributed by atoms with Gasteiger partial charge < -0.3 is 9.88 Å². The van der Waals surface area contributed by atoms with Crippen LogP contribution >= 0.6 is 0 Å². The Labute approximate surface area is 124 Å². The van der Waals surface area contributed by atoms with Gasteiger partial charge in [0, 0.05) is 17.4 Å². The Morgan fingerprint density at radius 1 is 1.24 bits per heavy atom. The Morgan fingerprint density at radius 2 is 1.90 bits per heavy atom.